The number of aryl methyl sites for hydroxylation is 3. The molecule has 5 rings (SSSR count). The van der Waals surface area contributed by atoms with Crippen molar-refractivity contribution in [3.05, 3.63) is 82.2 Å². The minimum atomic E-state index is -0.109. The molecule has 2 aromatic carbocycles. The molecule has 4 aromatic rings. The molecule has 1 aliphatic heterocycles. The number of carbonyl (C=O) groups excluding carboxylic acids is 1. The summed E-state index contributed by atoms with van der Waals surface area (Å²) < 4.78 is 2.26. The average molecular weight is 461 g/mol. The molecule has 3 heterocycles. The van der Waals surface area contributed by atoms with Gasteiger partial charge in [-0.3, -0.25) is 4.79 Å². The first kappa shape index (κ1) is 21.0. The molecule has 0 saturated carbocycles. The van der Waals surface area contributed by atoms with E-state index >= 15 is 0 Å². The van der Waals surface area contributed by atoms with E-state index < -0.39 is 0 Å². The summed E-state index contributed by atoms with van der Waals surface area (Å²) in [4.78, 5) is 23.0. The first-order chi connectivity index (χ1) is 15.6. The highest BCUT2D eigenvalue weighted by Gasteiger charge is 2.13. The molecule has 0 saturated heterocycles. The Morgan fingerprint density at radius 1 is 1.09 bits per heavy atom. The Hall–Kier alpha value is -2.90. The van der Waals surface area contributed by atoms with Crippen LogP contribution in [0.15, 0.2) is 65.0 Å². The summed E-state index contributed by atoms with van der Waals surface area (Å²) in [5, 5.41) is 6.17. The third kappa shape index (κ3) is 4.79. The summed E-state index contributed by atoms with van der Waals surface area (Å²) in [7, 11) is 0. The van der Waals surface area contributed by atoms with Crippen molar-refractivity contribution in [2.24, 2.45) is 0 Å². The van der Waals surface area contributed by atoms with Crippen LogP contribution in [-0.2, 0) is 18.7 Å². The molecule has 0 aliphatic carbocycles. The Labute approximate surface area is 195 Å². The van der Waals surface area contributed by atoms with Crippen LogP contribution in [0.4, 0.5) is 5.69 Å². The lowest BCUT2D eigenvalue weighted by Gasteiger charge is -2.11. The molecule has 0 spiro atoms. The third-order valence-electron chi connectivity index (χ3n) is 5.52. The Balaban J connectivity index is 1.19. The van der Waals surface area contributed by atoms with Crippen LogP contribution in [0, 0.1) is 6.92 Å². The first-order valence-corrected chi connectivity index (χ1v) is 12.6. The van der Waals surface area contributed by atoms with Crippen LogP contribution < -0.4 is 5.32 Å². The number of hydrogen-bond donors (Lipinski definition) is 1. The van der Waals surface area contributed by atoms with Gasteiger partial charge in [-0.1, -0.05) is 12.1 Å². The molecule has 162 valence electrons. The molecule has 1 amide bonds. The van der Waals surface area contributed by atoms with Gasteiger partial charge in [0.05, 0.1) is 16.4 Å². The molecule has 7 heteroatoms. The van der Waals surface area contributed by atoms with Gasteiger partial charge in [0.2, 0.25) is 0 Å². The number of thioether (sulfide) groups is 1. The van der Waals surface area contributed by atoms with Gasteiger partial charge in [0.25, 0.3) is 5.91 Å². The number of anilines is 1. The van der Waals surface area contributed by atoms with E-state index in [0.717, 1.165) is 51.3 Å². The fourth-order valence-electron chi connectivity index (χ4n) is 3.81. The number of nitrogens with zero attached hydrogens (tertiary/aromatic N) is 3. The lowest BCUT2D eigenvalue weighted by atomic mass is 10.1. The van der Waals surface area contributed by atoms with E-state index in [1.165, 1.54) is 18.7 Å². The van der Waals surface area contributed by atoms with Gasteiger partial charge in [0.1, 0.15) is 5.82 Å². The summed E-state index contributed by atoms with van der Waals surface area (Å²) in [5.41, 5.74) is 4.59. The highest BCUT2D eigenvalue weighted by molar-refractivity contribution is 7.98. The predicted molar refractivity (Wildman–Crippen MR) is 131 cm³/mol. The smallest absolute Gasteiger partial charge is 0.255 e. The van der Waals surface area contributed by atoms with E-state index in [4.69, 9.17) is 4.98 Å². The molecule has 32 heavy (non-hydrogen) atoms. The summed E-state index contributed by atoms with van der Waals surface area (Å²) in [6.45, 7) is 3.07. The van der Waals surface area contributed by atoms with E-state index in [1.54, 1.807) is 23.1 Å². The van der Waals surface area contributed by atoms with Gasteiger partial charge in [-0.25, -0.2) is 9.97 Å². The summed E-state index contributed by atoms with van der Waals surface area (Å²) >= 11 is 3.40. The number of nitrogens with one attached hydrogen (secondary N) is 1. The van der Waals surface area contributed by atoms with Crippen LogP contribution in [-0.4, -0.2) is 20.4 Å². The fourth-order valence-corrected chi connectivity index (χ4v) is 5.32. The Morgan fingerprint density at radius 3 is 2.62 bits per heavy atom. The van der Waals surface area contributed by atoms with Crippen molar-refractivity contribution in [3.8, 4) is 11.3 Å². The maximum Gasteiger partial charge on any atom is 0.255 e. The van der Waals surface area contributed by atoms with E-state index in [-0.39, 0.29) is 5.91 Å². The second-order valence-electron chi connectivity index (χ2n) is 7.90. The quantitative estimate of drug-likeness (QED) is 0.348. The third-order valence-corrected chi connectivity index (χ3v) is 7.38. The highest BCUT2D eigenvalue weighted by atomic mass is 32.2. The molecule has 1 aliphatic rings. The van der Waals surface area contributed by atoms with Crippen molar-refractivity contribution in [3.63, 3.8) is 0 Å². The number of amides is 1. The number of aromatic nitrogens is 3. The van der Waals surface area contributed by atoms with E-state index in [0.29, 0.717) is 5.56 Å². The topological polar surface area (TPSA) is 59.8 Å². The van der Waals surface area contributed by atoms with Crippen LogP contribution in [0.3, 0.4) is 0 Å². The maximum atomic E-state index is 12.7. The molecular formula is C25H24N4OS2. The van der Waals surface area contributed by atoms with E-state index in [9.17, 15) is 4.79 Å². The van der Waals surface area contributed by atoms with Crippen LogP contribution >= 0.6 is 23.1 Å². The van der Waals surface area contributed by atoms with E-state index in [2.05, 4.69) is 26.4 Å². The largest absolute Gasteiger partial charge is 0.334 e. The number of fused-ring (bicyclic) bond motifs is 1. The molecule has 0 bridgehead atoms. The molecule has 2 aromatic heterocycles. The number of thiazole rings is 1. The minimum absolute atomic E-state index is 0.109. The van der Waals surface area contributed by atoms with Crippen molar-refractivity contribution < 1.29 is 4.79 Å². The standard InChI is InChI=1S/C25H24N4OS2/c1-17-26-21(15-31-17)16-32-22-11-7-19(8-12-22)25(30)27-20-9-5-18(6-10-20)23-14-29-13-3-2-4-24(29)28-23/h5-12,14-15H,2-4,13,16H2,1H3,(H,27,30). The SMILES string of the molecule is Cc1nc(CSc2ccc(C(=O)Nc3ccc(-c4cn5c(n4)CCCC5)cc3)cc2)cs1. The zero-order valence-electron chi connectivity index (χ0n) is 17.9. The second-order valence-corrected chi connectivity index (χ2v) is 10.0. The van der Waals surface area contributed by atoms with Crippen LogP contribution in [0.2, 0.25) is 0 Å². The van der Waals surface area contributed by atoms with Gasteiger partial charge in [-0.15, -0.1) is 23.1 Å². The Bertz CT molecular complexity index is 1200. The average Bonchev–Trinajstić information content (AvgIpc) is 3.44. The molecule has 5 nitrogen and oxygen atoms in total. The van der Waals surface area contributed by atoms with E-state index in [1.807, 2.05) is 55.5 Å². The van der Waals surface area contributed by atoms with Gasteiger partial charge in [0, 0.05) is 52.0 Å². The number of benzene rings is 2. The van der Waals surface area contributed by atoms with Crippen molar-refractivity contribution in [1.82, 2.24) is 14.5 Å². The number of imidazole rings is 1. The number of rotatable bonds is 6. The Kier molecular flexibility index (Phi) is 6.10. The van der Waals surface area contributed by atoms with Crippen LogP contribution in [0.1, 0.15) is 39.7 Å². The summed E-state index contributed by atoms with van der Waals surface area (Å²) in [6, 6.07) is 15.6. The van der Waals surface area contributed by atoms with Crippen LogP contribution in [0.5, 0.6) is 0 Å². The highest BCUT2D eigenvalue weighted by Crippen LogP contribution is 2.26. The summed E-state index contributed by atoms with van der Waals surface area (Å²) in [5.74, 6) is 1.90. The monoisotopic (exact) mass is 460 g/mol. The molecule has 0 radical (unpaired) electrons. The summed E-state index contributed by atoms with van der Waals surface area (Å²) in [6.07, 6.45) is 5.62. The van der Waals surface area contributed by atoms with Gasteiger partial charge in [-0.2, -0.15) is 0 Å². The molecule has 1 N–H and O–H groups in total. The zero-order chi connectivity index (χ0) is 21.9. The lowest BCUT2D eigenvalue weighted by molar-refractivity contribution is 0.102. The first-order valence-electron chi connectivity index (χ1n) is 10.8. The Morgan fingerprint density at radius 2 is 1.91 bits per heavy atom. The van der Waals surface area contributed by atoms with Gasteiger partial charge >= 0.3 is 0 Å². The molecule has 0 atom stereocenters. The van der Waals surface area contributed by atoms with Crippen LogP contribution in [0.25, 0.3) is 11.3 Å². The van der Waals surface area contributed by atoms with Crippen molar-refractivity contribution in [2.45, 2.75) is 43.4 Å². The lowest BCUT2D eigenvalue weighted by Crippen LogP contribution is -2.11. The maximum absolute atomic E-state index is 12.7. The van der Waals surface area contributed by atoms with Crippen molar-refractivity contribution in [2.75, 3.05) is 5.32 Å². The predicted octanol–water partition coefficient (Wildman–Crippen LogP) is 6.20. The van der Waals surface area contributed by atoms with Gasteiger partial charge in [0.15, 0.2) is 0 Å². The second kappa shape index (κ2) is 9.30. The number of hydrogen-bond acceptors (Lipinski definition) is 5. The van der Waals surface area contributed by atoms with Crippen molar-refractivity contribution >= 4 is 34.7 Å². The molecule has 0 fully saturated rings. The van der Waals surface area contributed by atoms with Gasteiger partial charge < -0.3 is 9.88 Å². The fraction of sp³-hybridized carbons (Fsp3) is 0.240. The zero-order valence-corrected chi connectivity index (χ0v) is 19.5. The van der Waals surface area contributed by atoms with Crippen molar-refractivity contribution in [1.29, 1.82) is 0 Å². The normalized spacial score (nSPS) is 13.0. The number of carbonyl (C=O) groups is 1. The molecular weight excluding hydrogens is 436 g/mol. The molecule has 0 unspecified atom stereocenters. The van der Waals surface area contributed by atoms with Gasteiger partial charge in [-0.05, 0) is 56.2 Å². The minimum Gasteiger partial charge on any atom is -0.334 e.